The van der Waals surface area contributed by atoms with Gasteiger partial charge in [-0.3, -0.25) is 0 Å². The molecule has 0 heterocycles. The second-order valence-electron chi connectivity index (χ2n) is 6.74. The van der Waals surface area contributed by atoms with Crippen molar-refractivity contribution in [1.82, 2.24) is 0 Å². The fourth-order valence-electron chi connectivity index (χ4n) is 2.98. The third kappa shape index (κ3) is 4.52. The Morgan fingerprint density at radius 2 is 1.29 bits per heavy atom. The standard InChI is InChI=1S/C24H24O3S/c1-4-23(20-8-6-5-7-9-20)24(21-14-10-18(2)11-15-21)27-28(25,26)22-16-12-19(3)13-17-22/h5-17H,4H2,1-3H3/b24-23+. The Kier molecular flexibility index (Phi) is 6.00. The van der Waals surface area contributed by atoms with Crippen molar-refractivity contribution in [1.29, 1.82) is 0 Å². The first-order valence-electron chi connectivity index (χ1n) is 9.27. The molecule has 0 aliphatic heterocycles. The summed E-state index contributed by atoms with van der Waals surface area (Å²) in [6, 6.07) is 24.1. The van der Waals surface area contributed by atoms with E-state index in [1.807, 2.05) is 75.4 Å². The summed E-state index contributed by atoms with van der Waals surface area (Å²) in [4.78, 5) is 0.145. The smallest absolute Gasteiger partial charge is 0.339 e. The molecule has 4 heteroatoms. The molecule has 0 aliphatic rings. The number of aryl methyl sites for hydroxylation is 2. The zero-order valence-corrected chi connectivity index (χ0v) is 17.2. The van der Waals surface area contributed by atoms with Crippen LogP contribution in [0.4, 0.5) is 0 Å². The lowest BCUT2D eigenvalue weighted by Crippen LogP contribution is -2.08. The number of hydrogen-bond acceptors (Lipinski definition) is 3. The van der Waals surface area contributed by atoms with Gasteiger partial charge >= 0.3 is 10.1 Å². The molecule has 0 atom stereocenters. The molecular formula is C24H24O3S. The molecule has 0 saturated carbocycles. The molecule has 0 radical (unpaired) electrons. The Hall–Kier alpha value is -2.85. The quantitative estimate of drug-likeness (QED) is 0.294. The van der Waals surface area contributed by atoms with Crippen LogP contribution in [0.25, 0.3) is 11.3 Å². The molecule has 3 nitrogen and oxygen atoms in total. The minimum absolute atomic E-state index is 0.145. The van der Waals surface area contributed by atoms with Crippen LogP contribution in [0.1, 0.15) is 35.6 Å². The van der Waals surface area contributed by atoms with Crippen LogP contribution in [0.15, 0.2) is 83.8 Å². The van der Waals surface area contributed by atoms with E-state index in [9.17, 15) is 8.42 Å². The molecule has 0 N–H and O–H groups in total. The molecule has 0 fully saturated rings. The lowest BCUT2D eigenvalue weighted by molar-refractivity contribution is 0.463. The number of hydrogen-bond donors (Lipinski definition) is 0. The van der Waals surface area contributed by atoms with Gasteiger partial charge in [-0.25, -0.2) is 0 Å². The van der Waals surface area contributed by atoms with E-state index < -0.39 is 10.1 Å². The molecule has 28 heavy (non-hydrogen) atoms. The van der Waals surface area contributed by atoms with Crippen molar-refractivity contribution in [3.8, 4) is 0 Å². The van der Waals surface area contributed by atoms with Crippen molar-refractivity contribution < 1.29 is 12.6 Å². The van der Waals surface area contributed by atoms with E-state index in [0.717, 1.165) is 27.8 Å². The van der Waals surface area contributed by atoms with E-state index in [-0.39, 0.29) is 4.90 Å². The summed E-state index contributed by atoms with van der Waals surface area (Å²) in [7, 11) is -3.96. The fourth-order valence-corrected chi connectivity index (χ4v) is 3.96. The molecule has 0 spiro atoms. The average molecular weight is 393 g/mol. The monoisotopic (exact) mass is 392 g/mol. The summed E-state index contributed by atoms with van der Waals surface area (Å²) in [5, 5.41) is 0. The van der Waals surface area contributed by atoms with Gasteiger partial charge in [0.25, 0.3) is 0 Å². The topological polar surface area (TPSA) is 43.4 Å². The third-order valence-corrected chi connectivity index (χ3v) is 5.80. The van der Waals surface area contributed by atoms with Crippen LogP contribution in [0.3, 0.4) is 0 Å². The van der Waals surface area contributed by atoms with Crippen molar-refractivity contribution in [2.24, 2.45) is 0 Å². The molecule has 0 unspecified atom stereocenters. The van der Waals surface area contributed by atoms with Crippen LogP contribution in [-0.2, 0) is 14.3 Å². The van der Waals surface area contributed by atoms with Crippen LogP contribution in [0, 0.1) is 13.8 Å². The Labute approximate surface area is 167 Å². The minimum atomic E-state index is -3.96. The van der Waals surface area contributed by atoms with Gasteiger partial charge in [0.05, 0.1) is 0 Å². The van der Waals surface area contributed by atoms with Gasteiger partial charge < -0.3 is 4.18 Å². The Morgan fingerprint density at radius 1 is 0.750 bits per heavy atom. The molecule has 0 bridgehead atoms. The van der Waals surface area contributed by atoms with Gasteiger partial charge in [0, 0.05) is 11.1 Å². The Morgan fingerprint density at radius 3 is 1.82 bits per heavy atom. The Bertz CT molecular complexity index is 1060. The van der Waals surface area contributed by atoms with E-state index in [1.165, 1.54) is 0 Å². The van der Waals surface area contributed by atoms with Crippen molar-refractivity contribution in [3.63, 3.8) is 0 Å². The summed E-state index contributed by atoms with van der Waals surface area (Å²) in [5.41, 5.74) is 4.62. The van der Waals surface area contributed by atoms with E-state index in [1.54, 1.807) is 24.3 Å². The van der Waals surface area contributed by atoms with Gasteiger partial charge in [0.15, 0.2) is 5.76 Å². The molecular weight excluding hydrogens is 368 g/mol. The van der Waals surface area contributed by atoms with E-state index in [4.69, 9.17) is 4.18 Å². The lowest BCUT2D eigenvalue weighted by Gasteiger charge is -2.17. The van der Waals surface area contributed by atoms with Crippen molar-refractivity contribution in [2.75, 3.05) is 0 Å². The van der Waals surface area contributed by atoms with E-state index in [2.05, 4.69) is 0 Å². The maximum absolute atomic E-state index is 13.0. The largest absolute Gasteiger partial charge is 0.378 e. The average Bonchev–Trinajstić information content (AvgIpc) is 2.69. The van der Waals surface area contributed by atoms with Crippen LogP contribution in [-0.4, -0.2) is 8.42 Å². The summed E-state index contributed by atoms with van der Waals surface area (Å²) in [6.07, 6.45) is 0.636. The Balaban J connectivity index is 2.15. The minimum Gasteiger partial charge on any atom is -0.378 e. The van der Waals surface area contributed by atoms with E-state index >= 15 is 0 Å². The first-order valence-corrected chi connectivity index (χ1v) is 10.7. The van der Waals surface area contributed by atoms with Gasteiger partial charge in [0.2, 0.25) is 0 Å². The lowest BCUT2D eigenvalue weighted by atomic mass is 9.98. The highest BCUT2D eigenvalue weighted by molar-refractivity contribution is 7.87. The highest BCUT2D eigenvalue weighted by atomic mass is 32.2. The number of allylic oxidation sites excluding steroid dienone is 1. The summed E-state index contributed by atoms with van der Waals surface area (Å²) in [5.74, 6) is 0.370. The summed E-state index contributed by atoms with van der Waals surface area (Å²) >= 11 is 0. The number of benzene rings is 3. The second-order valence-corrected chi connectivity index (χ2v) is 8.29. The predicted molar refractivity (Wildman–Crippen MR) is 114 cm³/mol. The van der Waals surface area contributed by atoms with Crippen molar-refractivity contribution >= 4 is 21.5 Å². The molecule has 0 saturated heterocycles. The normalized spacial score (nSPS) is 12.4. The highest BCUT2D eigenvalue weighted by Gasteiger charge is 2.22. The van der Waals surface area contributed by atoms with Crippen LogP contribution in [0.2, 0.25) is 0 Å². The zero-order valence-electron chi connectivity index (χ0n) is 16.3. The highest BCUT2D eigenvalue weighted by Crippen LogP contribution is 2.33. The van der Waals surface area contributed by atoms with E-state index in [0.29, 0.717) is 12.2 Å². The molecule has 3 rings (SSSR count). The first kappa shape index (κ1) is 19.9. The molecule has 144 valence electrons. The first-order chi connectivity index (χ1) is 13.4. The van der Waals surface area contributed by atoms with Crippen molar-refractivity contribution in [3.05, 3.63) is 101 Å². The van der Waals surface area contributed by atoms with Gasteiger partial charge in [-0.1, -0.05) is 84.8 Å². The van der Waals surface area contributed by atoms with Gasteiger partial charge in [-0.15, -0.1) is 0 Å². The van der Waals surface area contributed by atoms with Crippen molar-refractivity contribution in [2.45, 2.75) is 32.1 Å². The molecule has 0 amide bonds. The SMILES string of the molecule is CC/C(=C(\OS(=O)(=O)c1ccc(C)cc1)c1ccc(C)cc1)c1ccccc1. The molecule has 0 aromatic heterocycles. The number of rotatable bonds is 6. The molecule has 0 aliphatic carbocycles. The van der Waals surface area contributed by atoms with Crippen LogP contribution >= 0.6 is 0 Å². The maximum atomic E-state index is 13.0. The third-order valence-electron chi connectivity index (χ3n) is 4.57. The zero-order chi connectivity index (χ0) is 20.1. The summed E-state index contributed by atoms with van der Waals surface area (Å²) in [6.45, 7) is 5.91. The maximum Gasteiger partial charge on any atom is 0.339 e. The summed E-state index contributed by atoms with van der Waals surface area (Å²) < 4.78 is 31.7. The van der Waals surface area contributed by atoms with Gasteiger partial charge in [-0.05, 0) is 38.0 Å². The predicted octanol–water partition coefficient (Wildman–Crippen LogP) is 5.99. The molecule has 3 aromatic rings. The van der Waals surface area contributed by atoms with Gasteiger partial charge in [-0.2, -0.15) is 8.42 Å². The van der Waals surface area contributed by atoms with Crippen LogP contribution in [0.5, 0.6) is 0 Å². The van der Waals surface area contributed by atoms with Crippen LogP contribution < -0.4 is 0 Å². The molecule has 3 aromatic carbocycles. The second kappa shape index (κ2) is 8.44. The van der Waals surface area contributed by atoms with Gasteiger partial charge in [0.1, 0.15) is 4.90 Å². The fraction of sp³-hybridized carbons (Fsp3) is 0.167.